The quantitative estimate of drug-likeness (QED) is 0.650. The summed E-state index contributed by atoms with van der Waals surface area (Å²) in [5.74, 6) is -1.43. The molecule has 0 fully saturated rings. The third-order valence-electron chi connectivity index (χ3n) is 2.36. The second-order valence-corrected chi connectivity index (χ2v) is 5.23. The molecule has 0 aliphatic rings. The first-order valence-electron chi connectivity index (χ1n) is 6.08. The monoisotopic (exact) mass is 296 g/mol. The topological polar surface area (TPSA) is 119 Å². The van der Waals surface area contributed by atoms with Gasteiger partial charge in [0.1, 0.15) is 11.2 Å². The number of nitrogens with zero attached hydrogens (tertiary/aromatic N) is 1. The molecule has 0 saturated heterocycles. The van der Waals surface area contributed by atoms with Crippen molar-refractivity contribution in [2.24, 2.45) is 0 Å². The molecule has 21 heavy (non-hydrogen) atoms. The van der Waals surface area contributed by atoms with Gasteiger partial charge in [-0.05, 0) is 26.3 Å². The molecule has 1 aromatic rings. The summed E-state index contributed by atoms with van der Waals surface area (Å²) >= 11 is 0. The van der Waals surface area contributed by atoms with E-state index >= 15 is 0 Å². The van der Waals surface area contributed by atoms with Gasteiger partial charge in [0.2, 0.25) is 0 Å². The highest BCUT2D eigenvalue weighted by Crippen LogP contribution is 2.22. The Hall–Kier alpha value is -2.64. The molecule has 0 atom stereocenters. The fraction of sp³-hybridized carbons (Fsp3) is 0.385. The molecule has 0 saturated carbocycles. The van der Waals surface area contributed by atoms with Crippen molar-refractivity contribution in [1.82, 2.24) is 5.32 Å². The minimum atomic E-state index is -1.43. The number of ether oxygens (including phenoxy) is 1. The van der Waals surface area contributed by atoms with Gasteiger partial charge in [0.15, 0.2) is 0 Å². The molecule has 8 heteroatoms. The van der Waals surface area contributed by atoms with E-state index in [1.807, 2.05) is 0 Å². The van der Waals surface area contributed by atoms with E-state index in [1.165, 1.54) is 12.1 Å². The lowest BCUT2D eigenvalue weighted by atomic mass is 10.1. The number of carbonyl (C=O) groups is 2. The van der Waals surface area contributed by atoms with E-state index in [-0.39, 0.29) is 12.1 Å². The lowest BCUT2D eigenvalue weighted by Gasteiger charge is -2.19. The van der Waals surface area contributed by atoms with Crippen LogP contribution in [-0.4, -0.2) is 27.7 Å². The molecule has 2 N–H and O–H groups in total. The van der Waals surface area contributed by atoms with Gasteiger partial charge < -0.3 is 15.2 Å². The molecule has 0 aliphatic carbocycles. The van der Waals surface area contributed by atoms with Crippen molar-refractivity contribution in [2.75, 3.05) is 0 Å². The van der Waals surface area contributed by atoms with Crippen LogP contribution in [0.4, 0.5) is 10.5 Å². The highest BCUT2D eigenvalue weighted by molar-refractivity contribution is 5.94. The predicted octanol–water partition coefficient (Wildman–Crippen LogP) is 2.32. The average Bonchev–Trinajstić information content (AvgIpc) is 2.33. The lowest BCUT2D eigenvalue weighted by molar-refractivity contribution is -0.385. The SMILES string of the molecule is CC(C)(C)OC(=O)NCc1cccc([N+](=O)[O-])c1C(=O)O. The normalized spacial score (nSPS) is 10.8. The third kappa shape index (κ3) is 4.75. The van der Waals surface area contributed by atoms with Gasteiger partial charge in [-0.1, -0.05) is 12.1 Å². The highest BCUT2D eigenvalue weighted by Gasteiger charge is 2.24. The van der Waals surface area contributed by atoms with Crippen molar-refractivity contribution in [1.29, 1.82) is 0 Å². The van der Waals surface area contributed by atoms with E-state index in [0.29, 0.717) is 0 Å². The zero-order valence-electron chi connectivity index (χ0n) is 11.9. The summed E-state index contributed by atoms with van der Waals surface area (Å²) in [5, 5.41) is 22.3. The number of hydrogen-bond donors (Lipinski definition) is 2. The van der Waals surface area contributed by atoms with E-state index in [1.54, 1.807) is 20.8 Å². The highest BCUT2D eigenvalue weighted by atomic mass is 16.6. The van der Waals surface area contributed by atoms with Crippen molar-refractivity contribution in [3.8, 4) is 0 Å². The number of carbonyl (C=O) groups excluding carboxylic acids is 1. The number of carboxylic acids is 1. The summed E-state index contributed by atoms with van der Waals surface area (Å²) in [6.07, 6.45) is -0.731. The van der Waals surface area contributed by atoms with Gasteiger partial charge in [-0.15, -0.1) is 0 Å². The van der Waals surface area contributed by atoms with Crippen LogP contribution in [0.5, 0.6) is 0 Å². The molecule has 114 valence electrons. The van der Waals surface area contributed by atoms with E-state index in [9.17, 15) is 19.7 Å². The molecule has 1 amide bonds. The number of nitrogens with one attached hydrogen (secondary N) is 1. The van der Waals surface area contributed by atoms with Gasteiger partial charge in [0, 0.05) is 12.6 Å². The lowest BCUT2D eigenvalue weighted by Crippen LogP contribution is -2.32. The van der Waals surface area contributed by atoms with Crippen molar-refractivity contribution < 1.29 is 24.4 Å². The van der Waals surface area contributed by atoms with Crippen molar-refractivity contribution in [3.05, 3.63) is 39.4 Å². The number of nitro benzene ring substituents is 1. The second-order valence-electron chi connectivity index (χ2n) is 5.23. The Balaban J connectivity index is 2.94. The van der Waals surface area contributed by atoms with Crippen LogP contribution in [0, 0.1) is 10.1 Å². The van der Waals surface area contributed by atoms with Crippen LogP contribution in [-0.2, 0) is 11.3 Å². The molecule has 0 spiro atoms. The zero-order valence-corrected chi connectivity index (χ0v) is 11.9. The maximum absolute atomic E-state index is 11.5. The average molecular weight is 296 g/mol. The Labute approximate surface area is 120 Å². The molecule has 0 heterocycles. The van der Waals surface area contributed by atoms with Gasteiger partial charge in [-0.2, -0.15) is 0 Å². The number of aromatic carboxylic acids is 1. The Bertz CT molecular complexity index is 577. The summed E-state index contributed by atoms with van der Waals surface area (Å²) in [6.45, 7) is 4.87. The summed E-state index contributed by atoms with van der Waals surface area (Å²) in [6, 6.07) is 3.85. The molecular formula is C13H16N2O6. The van der Waals surface area contributed by atoms with Crippen LogP contribution < -0.4 is 5.32 Å². The van der Waals surface area contributed by atoms with Crippen LogP contribution in [0.2, 0.25) is 0 Å². The van der Waals surface area contributed by atoms with Gasteiger partial charge in [-0.3, -0.25) is 10.1 Å². The van der Waals surface area contributed by atoms with Gasteiger partial charge in [0.25, 0.3) is 5.69 Å². The number of alkyl carbamates (subject to hydrolysis) is 1. The van der Waals surface area contributed by atoms with Crippen LogP contribution in [0.15, 0.2) is 18.2 Å². The molecule has 1 rings (SSSR count). The minimum absolute atomic E-state index is 0.127. The van der Waals surface area contributed by atoms with Gasteiger partial charge in [-0.25, -0.2) is 9.59 Å². The largest absolute Gasteiger partial charge is 0.477 e. The van der Waals surface area contributed by atoms with Crippen LogP contribution in [0.3, 0.4) is 0 Å². The number of rotatable bonds is 4. The van der Waals surface area contributed by atoms with Crippen LogP contribution >= 0.6 is 0 Å². The molecule has 0 bridgehead atoms. The van der Waals surface area contributed by atoms with Crippen molar-refractivity contribution in [3.63, 3.8) is 0 Å². The predicted molar refractivity (Wildman–Crippen MR) is 73.1 cm³/mol. The first kappa shape index (κ1) is 16.4. The van der Waals surface area contributed by atoms with E-state index in [2.05, 4.69) is 5.32 Å². The molecule has 0 aliphatic heterocycles. The van der Waals surface area contributed by atoms with Crippen molar-refractivity contribution in [2.45, 2.75) is 32.9 Å². The number of benzene rings is 1. The maximum Gasteiger partial charge on any atom is 0.407 e. The summed E-state index contributed by atoms with van der Waals surface area (Å²) < 4.78 is 5.01. The third-order valence-corrected chi connectivity index (χ3v) is 2.36. The Morgan fingerprint density at radius 3 is 2.48 bits per heavy atom. The Morgan fingerprint density at radius 1 is 1.38 bits per heavy atom. The van der Waals surface area contributed by atoms with E-state index in [4.69, 9.17) is 9.84 Å². The molecular weight excluding hydrogens is 280 g/mol. The molecule has 1 aromatic carbocycles. The summed E-state index contributed by atoms with van der Waals surface area (Å²) in [5.41, 5.74) is -1.53. The van der Waals surface area contributed by atoms with Crippen LogP contribution in [0.1, 0.15) is 36.7 Å². The Kier molecular flexibility index (Phi) is 4.85. The molecule has 8 nitrogen and oxygen atoms in total. The molecule has 0 aromatic heterocycles. The fourth-order valence-corrected chi connectivity index (χ4v) is 1.61. The molecule has 0 unspecified atom stereocenters. The summed E-state index contributed by atoms with van der Waals surface area (Å²) in [4.78, 5) is 32.7. The standard InChI is InChI=1S/C13H16N2O6/c1-13(2,3)21-12(18)14-7-8-5-4-6-9(15(19)20)10(8)11(16)17/h4-6H,7H2,1-3H3,(H,14,18)(H,16,17). The molecule has 0 radical (unpaired) electrons. The maximum atomic E-state index is 11.5. The van der Waals surface area contributed by atoms with Crippen molar-refractivity contribution >= 4 is 17.7 Å². The van der Waals surface area contributed by atoms with Crippen LogP contribution in [0.25, 0.3) is 0 Å². The number of amides is 1. The summed E-state index contributed by atoms with van der Waals surface area (Å²) in [7, 11) is 0. The minimum Gasteiger partial charge on any atom is -0.477 e. The van der Waals surface area contributed by atoms with Gasteiger partial charge in [0.05, 0.1) is 4.92 Å². The Morgan fingerprint density at radius 2 is 2.00 bits per heavy atom. The smallest absolute Gasteiger partial charge is 0.407 e. The van der Waals surface area contributed by atoms with Gasteiger partial charge >= 0.3 is 12.1 Å². The number of nitro groups is 1. The zero-order chi connectivity index (χ0) is 16.2. The first-order valence-corrected chi connectivity index (χ1v) is 6.08. The fourth-order valence-electron chi connectivity index (χ4n) is 1.61. The van der Waals surface area contributed by atoms with E-state index in [0.717, 1.165) is 6.07 Å². The first-order chi connectivity index (χ1) is 9.61. The van der Waals surface area contributed by atoms with E-state index < -0.39 is 33.8 Å². The second kappa shape index (κ2) is 6.21. The number of hydrogen-bond acceptors (Lipinski definition) is 5. The number of carboxylic acid groups (broad SMARTS) is 1.